The molecule has 0 spiro atoms. The molecule has 1 aliphatic carbocycles. The van der Waals surface area contributed by atoms with Gasteiger partial charge in [-0.15, -0.1) is 0 Å². The Morgan fingerprint density at radius 1 is 1.75 bits per heavy atom. The van der Waals surface area contributed by atoms with E-state index < -0.39 is 0 Å². The summed E-state index contributed by atoms with van der Waals surface area (Å²) in [5.41, 5.74) is 0.569. The lowest BCUT2D eigenvalue weighted by atomic mass is 10.0. The minimum atomic E-state index is 0.569. The zero-order valence-electron chi connectivity index (χ0n) is 5.02. The van der Waals surface area contributed by atoms with Crippen molar-refractivity contribution in [2.24, 2.45) is 11.3 Å². The lowest BCUT2D eigenvalue weighted by molar-refractivity contribution is 0.147. The monoisotopic (exact) mass is 111 g/mol. The summed E-state index contributed by atoms with van der Waals surface area (Å²) in [6.07, 6.45) is 2.47. The van der Waals surface area contributed by atoms with E-state index in [4.69, 9.17) is 4.74 Å². The Hall–Kier alpha value is -0.0400. The number of hydrogen-bond acceptors (Lipinski definition) is 1. The molecule has 1 heteroatoms. The third-order valence-electron chi connectivity index (χ3n) is 2.57. The highest BCUT2D eigenvalue weighted by Gasteiger charge is 2.56. The maximum absolute atomic E-state index is 5.26. The predicted molar refractivity (Wildman–Crippen MR) is 31.3 cm³/mol. The topological polar surface area (TPSA) is 9.23 Å². The Bertz CT molecular complexity index is 107. The van der Waals surface area contributed by atoms with Crippen LogP contribution in [0.15, 0.2) is 0 Å². The molecule has 1 saturated carbocycles. The van der Waals surface area contributed by atoms with Crippen molar-refractivity contribution in [2.45, 2.75) is 12.8 Å². The SMILES string of the molecule is [CH2]CC12COCC1C2. The molecule has 0 aromatic carbocycles. The summed E-state index contributed by atoms with van der Waals surface area (Å²) in [6.45, 7) is 5.90. The highest BCUT2D eigenvalue weighted by Crippen LogP contribution is 2.58. The number of fused-ring (bicyclic) bond motifs is 1. The van der Waals surface area contributed by atoms with Crippen LogP contribution in [0.3, 0.4) is 0 Å². The first kappa shape index (κ1) is 4.80. The van der Waals surface area contributed by atoms with Crippen LogP contribution >= 0.6 is 0 Å². The van der Waals surface area contributed by atoms with Gasteiger partial charge >= 0.3 is 0 Å². The third-order valence-corrected chi connectivity index (χ3v) is 2.57. The summed E-state index contributed by atoms with van der Waals surface area (Å²) in [4.78, 5) is 0. The van der Waals surface area contributed by atoms with Crippen LogP contribution in [-0.4, -0.2) is 13.2 Å². The van der Waals surface area contributed by atoms with Crippen molar-refractivity contribution >= 4 is 0 Å². The van der Waals surface area contributed by atoms with Gasteiger partial charge in [0.2, 0.25) is 0 Å². The molecule has 0 amide bonds. The van der Waals surface area contributed by atoms with Gasteiger partial charge < -0.3 is 4.74 Å². The van der Waals surface area contributed by atoms with E-state index in [1.807, 2.05) is 0 Å². The van der Waals surface area contributed by atoms with Gasteiger partial charge in [-0.2, -0.15) is 0 Å². The van der Waals surface area contributed by atoms with Gasteiger partial charge in [-0.05, 0) is 24.2 Å². The zero-order chi connectivity index (χ0) is 5.61. The fraction of sp³-hybridized carbons (Fsp3) is 0.857. The van der Waals surface area contributed by atoms with Crippen LogP contribution in [0.1, 0.15) is 12.8 Å². The van der Waals surface area contributed by atoms with Gasteiger partial charge in [0.1, 0.15) is 0 Å². The highest BCUT2D eigenvalue weighted by molar-refractivity contribution is 5.05. The van der Waals surface area contributed by atoms with Gasteiger partial charge in [0.25, 0.3) is 0 Å². The predicted octanol–water partition coefficient (Wildman–Crippen LogP) is 1.25. The van der Waals surface area contributed by atoms with Gasteiger partial charge in [-0.3, -0.25) is 0 Å². The second-order valence-corrected chi connectivity index (χ2v) is 3.03. The minimum Gasteiger partial charge on any atom is -0.381 e. The molecule has 0 aromatic heterocycles. The molecule has 2 fully saturated rings. The van der Waals surface area contributed by atoms with Gasteiger partial charge in [0.05, 0.1) is 13.2 Å². The normalized spacial score (nSPS) is 51.4. The molecule has 0 aromatic rings. The van der Waals surface area contributed by atoms with E-state index in [1.54, 1.807) is 0 Å². The largest absolute Gasteiger partial charge is 0.381 e. The van der Waals surface area contributed by atoms with Crippen LogP contribution in [0.5, 0.6) is 0 Å². The first-order valence-corrected chi connectivity index (χ1v) is 3.24. The molecular formula is C7H11O. The van der Waals surface area contributed by atoms with Crippen LogP contribution in [0.2, 0.25) is 0 Å². The van der Waals surface area contributed by atoms with Crippen LogP contribution in [0, 0.1) is 18.3 Å². The van der Waals surface area contributed by atoms with Crippen LogP contribution in [0.4, 0.5) is 0 Å². The van der Waals surface area contributed by atoms with E-state index in [0.717, 1.165) is 25.6 Å². The van der Waals surface area contributed by atoms with E-state index in [2.05, 4.69) is 6.92 Å². The van der Waals surface area contributed by atoms with Gasteiger partial charge in [0, 0.05) is 0 Å². The highest BCUT2D eigenvalue weighted by atomic mass is 16.5. The Balaban J connectivity index is 2.08. The van der Waals surface area contributed by atoms with Crippen LogP contribution in [-0.2, 0) is 4.74 Å². The molecule has 2 unspecified atom stereocenters. The lowest BCUT2D eigenvalue weighted by Crippen LogP contribution is -2.02. The van der Waals surface area contributed by atoms with Gasteiger partial charge in [-0.1, -0.05) is 6.92 Å². The number of hydrogen-bond donors (Lipinski definition) is 0. The molecule has 1 aliphatic heterocycles. The van der Waals surface area contributed by atoms with E-state index in [1.165, 1.54) is 6.42 Å². The standard InChI is InChI=1S/C7H11O/c1-2-7-3-6(7)4-8-5-7/h6H,1-5H2. The van der Waals surface area contributed by atoms with Gasteiger partial charge in [-0.25, -0.2) is 0 Å². The molecule has 2 aliphatic rings. The van der Waals surface area contributed by atoms with E-state index in [0.29, 0.717) is 5.41 Å². The Labute approximate surface area is 50.0 Å². The molecular weight excluding hydrogens is 100 g/mol. The van der Waals surface area contributed by atoms with E-state index >= 15 is 0 Å². The third kappa shape index (κ3) is 0.408. The average Bonchev–Trinajstić information content (AvgIpc) is 2.38. The molecule has 1 heterocycles. The van der Waals surface area contributed by atoms with Crippen molar-refractivity contribution in [2.75, 3.05) is 13.2 Å². The number of rotatable bonds is 1. The maximum atomic E-state index is 5.26. The molecule has 1 nitrogen and oxygen atoms in total. The van der Waals surface area contributed by atoms with Gasteiger partial charge in [0.15, 0.2) is 0 Å². The molecule has 1 radical (unpaired) electrons. The fourth-order valence-electron chi connectivity index (χ4n) is 1.63. The number of ether oxygens (including phenoxy) is 1. The second kappa shape index (κ2) is 1.27. The summed E-state index contributed by atoms with van der Waals surface area (Å²) in [7, 11) is 0. The minimum absolute atomic E-state index is 0.569. The molecule has 0 bridgehead atoms. The molecule has 1 saturated heterocycles. The fourth-order valence-corrected chi connectivity index (χ4v) is 1.63. The lowest BCUT2D eigenvalue weighted by Gasteiger charge is -2.03. The quantitative estimate of drug-likeness (QED) is 0.494. The van der Waals surface area contributed by atoms with Crippen LogP contribution < -0.4 is 0 Å². The summed E-state index contributed by atoms with van der Waals surface area (Å²) < 4.78 is 5.26. The molecule has 8 heavy (non-hydrogen) atoms. The van der Waals surface area contributed by atoms with Crippen molar-refractivity contribution in [3.05, 3.63) is 6.92 Å². The molecule has 2 rings (SSSR count). The van der Waals surface area contributed by atoms with Crippen LogP contribution in [0.25, 0.3) is 0 Å². The van der Waals surface area contributed by atoms with Crippen molar-refractivity contribution < 1.29 is 4.74 Å². The van der Waals surface area contributed by atoms with Crippen molar-refractivity contribution in [3.8, 4) is 0 Å². The van der Waals surface area contributed by atoms with E-state index in [-0.39, 0.29) is 0 Å². The van der Waals surface area contributed by atoms with E-state index in [9.17, 15) is 0 Å². The first-order valence-electron chi connectivity index (χ1n) is 3.24. The Morgan fingerprint density at radius 3 is 2.88 bits per heavy atom. The summed E-state index contributed by atoms with van der Waals surface area (Å²) in [5.74, 6) is 0.889. The summed E-state index contributed by atoms with van der Waals surface area (Å²) in [5, 5.41) is 0. The van der Waals surface area contributed by atoms with Crippen molar-refractivity contribution in [3.63, 3.8) is 0 Å². The Morgan fingerprint density at radius 2 is 2.62 bits per heavy atom. The maximum Gasteiger partial charge on any atom is 0.0526 e. The molecule has 45 valence electrons. The van der Waals surface area contributed by atoms with Crippen molar-refractivity contribution in [1.82, 2.24) is 0 Å². The summed E-state index contributed by atoms with van der Waals surface area (Å²) >= 11 is 0. The molecule has 0 N–H and O–H groups in total. The average molecular weight is 111 g/mol. The van der Waals surface area contributed by atoms with Crippen molar-refractivity contribution in [1.29, 1.82) is 0 Å². The zero-order valence-corrected chi connectivity index (χ0v) is 5.02. The molecule has 2 atom stereocenters. The summed E-state index contributed by atoms with van der Waals surface area (Å²) in [6, 6.07) is 0. The first-order chi connectivity index (χ1) is 3.87. The second-order valence-electron chi connectivity index (χ2n) is 3.03. The smallest absolute Gasteiger partial charge is 0.0526 e. The Kier molecular flexibility index (Phi) is 0.762.